The summed E-state index contributed by atoms with van der Waals surface area (Å²) in [5.41, 5.74) is 2.17. The number of anilines is 1. The molecule has 2 N–H and O–H groups in total. The Morgan fingerprint density at radius 1 is 1.43 bits per heavy atom. The van der Waals surface area contributed by atoms with E-state index in [2.05, 4.69) is 5.32 Å². The van der Waals surface area contributed by atoms with Crippen molar-refractivity contribution in [1.29, 1.82) is 0 Å². The first kappa shape index (κ1) is 10.9. The summed E-state index contributed by atoms with van der Waals surface area (Å²) in [5, 5.41) is 11.8. The Balaban J connectivity index is 0.000000980. The number of hydrogen-bond acceptors (Lipinski definition) is 2. The van der Waals surface area contributed by atoms with Crippen molar-refractivity contribution >= 4 is 24.1 Å². The maximum Gasteiger partial charge on any atom is 0.326 e. The summed E-state index contributed by atoms with van der Waals surface area (Å²) in [6.07, 6.45) is 1.52. The molecule has 0 radical (unpaired) electrons. The second-order valence-corrected chi connectivity index (χ2v) is 3.23. The number of hydrogen-bond donors (Lipinski definition) is 2. The molecule has 0 amide bonds. The van der Waals surface area contributed by atoms with Crippen molar-refractivity contribution in [3.05, 3.63) is 29.8 Å². The summed E-state index contributed by atoms with van der Waals surface area (Å²) < 4.78 is 0. The van der Waals surface area contributed by atoms with Gasteiger partial charge in [-0.05, 0) is 24.5 Å². The molecule has 0 bridgehead atoms. The molecule has 1 aliphatic heterocycles. The summed E-state index contributed by atoms with van der Waals surface area (Å²) in [6, 6.07) is 7.41. The lowest BCUT2D eigenvalue weighted by atomic mass is 9.98. The van der Waals surface area contributed by atoms with Crippen molar-refractivity contribution in [2.45, 2.75) is 18.9 Å². The third-order valence-electron chi connectivity index (χ3n) is 2.35. The van der Waals surface area contributed by atoms with E-state index in [0.717, 1.165) is 12.1 Å². The molecule has 14 heavy (non-hydrogen) atoms. The summed E-state index contributed by atoms with van der Waals surface area (Å²) >= 11 is 0. The van der Waals surface area contributed by atoms with Crippen molar-refractivity contribution in [3.8, 4) is 0 Å². The molecule has 0 aromatic heterocycles. The van der Waals surface area contributed by atoms with Gasteiger partial charge < -0.3 is 10.4 Å². The van der Waals surface area contributed by atoms with Gasteiger partial charge in [0.2, 0.25) is 0 Å². The minimum atomic E-state index is -0.769. The number of benzene rings is 1. The van der Waals surface area contributed by atoms with Crippen LogP contribution in [0.3, 0.4) is 0 Å². The molecule has 1 aromatic rings. The van der Waals surface area contributed by atoms with Gasteiger partial charge >= 0.3 is 5.97 Å². The lowest BCUT2D eigenvalue weighted by molar-refractivity contribution is -0.138. The smallest absolute Gasteiger partial charge is 0.326 e. The maximum atomic E-state index is 10.7. The van der Waals surface area contributed by atoms with E-state index in [-0.39, 0.29) is 12.4 Å². The van der Waals surface area contributed by atoms with Crippen molar-refractivity contribution in [3.63, 3.8) is 0 Å². The van der Waals surface area contributed by atoms with E-state index in [0.29, 0.717) is 6.42 Å². The Kier molecular flexibility index (Phi) is 3.36. The quantitative estimate of drug-likeness (QED) is 0.750. The number of fused-ring (bicyclic) bond motifs is 1. The monoisotopic (exact) mass is 213 g/mol. The van der Waals surface area contributed by atoms with Crippen LogP contribution in [0.2, 0.25) is 0 Å². The molecular formula is C10H12ClNO2. The van der Waals surface area contributed by atoms with E-state index in [1.54, 1.807) is 0 Å². The van der Waals surface area contributed by atoms with E-state index in [9.17, 15) is 4.79 Å². The predicted molar refractivity (Wildman–Crippen MR) is 57.1 cm³/mol. The molecule has 0 fully saturated rings. The van der Waals surface area contributed by atoms with Crippen molar-refractivity contribution in [2.24, 2.45) is 0 Å². The molecule has 1 aromatic carbocycles. The van der Waals surface area contributed by atoms with E-state index in [1.807, 2.05) is 24.3 Å². The Labute approximate surface area is 88.5 Å². The van der Waals surface area contributed by atoms with Crippen molar-refractivity contribution in [1.82, 2.24) is 0 Å². The lowest BCUT2D eigenvalue weighted by Gasteiger charge is -2.23. The maximum absolute atomic E-state index is 10.7. The largest absolute Gasteiger partial charge is 0.480 e. The predicted octanol–water partition coefficient (Wildman–Crippen LogP) is 1.92. The van der Waals surface area contributed by atoms with Gasteiger partial charge in [-0.15, -0.1) is 12.4 Å². The number of carbonyl (C=O) groups is 1. The highest BCUT2D eigenvalue weighted by Crippen LogP contribution is 2.23. The average Bonchev–Trinajstić information content (AvgIpc) is 2.17. The van der Waals surface area contributed by atoms with Gasteiger partial charge in [-0.1, -0.05) is 18.2 Å². The van der Waals surface area contributed by atoms with Crippen LogP contribution in [0.5, 0.6) is 0 Å². The standard InChI is InChI=1S/C10H11NO2.ClH/c12-10(13)9-6-5-7-3-1-2-4-8(7)11-9;/h1-4,9,11H,5-6H2,(H,12,13);1H/t9-;/m1./s1. The molecule has 0 aliphatic carbocycles. The van der Waals surface area contributed by atoms with Gasteiger partial charge in [0.15, 0.2) is 0 Å². The zero-order valence-electron chi connectivity index (χ0n) is 7.56. The summed E-state index contributed by atoms with van der Waals surface area (Å²) in [7, 11) is 0. The van der Waals surface area contributed by atoms with E-state index >= 15 is 0 Å². The number of carboxylic acids is 1. The molecule has 0 saturated heterocycles. The van der Waals surface area contributed by atoms with Gasteiger partial charge in [0, 0.05) is 5.69 Å². The Bertz CT molecular complexity index is 341. The number of aryl methyl sites for hydroxylation is 1. The zero-order chi connectivity index (χ0) is 9.26. The van der Waals surface area contributed by atoms with Crippen LogP contribution in [0, 0.1) is 0 Å². The summed E-state index contributed by atoms with van der Waals surface area (Å²) in [4.78, 5) is 10.7. The fraction of sp³-hybridized carbons (Fsp3) is 0.300. The first-order valence-electron chi connectivity index (χ1n) is 4.34. The van der Waals surface area contributed by atoms with Crippen LogP contribution in [-0.2, 0) is 11.2 Å². The number of para-hydroxylation sites is 1. The Hall–Kier alpha value is -1.22. The van der Waals surface area contributed by atoms with Gasteiger partial charge in [0.25, 0.3) is 0 Å². The van der Waals surface area contributed by atoms with E-state index in [1.165, 1.54) is 5.56 Å². The number of rotatable bonds is 1. The molecule has 2 rings (SSSR count). The van der Waals surface area contributed by atoms with Crippen LogP contribution in [0.1, 0.15) is 12.0 Å². The minimum Gasteiger partial charge on any atom is -0.480 e. The van der Waals surface area contributed by atoms with Gasteiger partial charge in [-0.25, -0.2) is 4.79 Å². The zero-order valence-corrected chi connectivity index (χ0v) is 8.38. The number of halogens is 1. The highest BCUT2D eigenvalue weighted by atomic mass is 35.5. The van der Waals surface area contributed by atoms with E-state index < -0.39 is 12.0 Å². The SMILES string of the molecule is Cl.O=C(O)[C@H]1CCc2ccccc2N1. The molecule has 3 nitrogen and oxygen atoms in total. The van der Waals surface area contributed by atoms with Crippen LogP contribution in [0.15, 0.2) is 24.3 Å². The first-order valence-corrected chi connectivity index (χ1v) is 4.34. The highest BCUT2D eigenvalue weighted by molar-refractivity contribution is 5.85. The molecule has 0 saturated carbocycles. The Morgan fingerprint density at radius 3 is 2.86 bits per heavy atom. The van der Waals surface area contributed by atoms with Crippen LogP contribution in [0.4, 0.5) is 5.69 Å². The fourth-order valence-corrected chi connectivity index (χ4v) is 1.62. The minimum absolute atomic E-state index is 0. The van der Waals surface area contributed by atoms with Crippen LogP contribution >= 0.6 is 12.4 Å². The molecule has 76 valence electrons. The average molecular weight is 214 g/mol. The Morgan fingerprint density at radius 2 is 2.14 bits per heavy atom. The summed E-state index contributed by atoms with van der Waals surface area (Å²) in [6.45, 7) is 0. The van der Waals surface area contributed by atoms with Crippen LogP contribution in [-0.4, -0.2) is 17.1 Å². The molecule has 0 unspecified atom stereocenters. The van der Waals surface area contributed by atoms with Gasteiger partial charge in [0.1, 0.15) is 6.04 Å². The van der Waals surface area contributed by atoms with Gasteiger partial charge in [-0.3, -0.25) is 0 Å². The third-order valence-corrected chi connectivity index (χ3v) is 2.35. The van der Waals surface area contributed by atoms with Crippen LogP contribution < -0.4 is 5.32 Å². The van der Waals surface area contributed by atoms with Gasteiger partial charge in [0.05, 0.1) is 0 Å². The highest BCUT2D eigenvalue weighted by Gasteiger charge is 2.22. The molecule has 1 heterocycles. The molecule has 1 aliphatic rings. The second-order valence-electron chi connectivity index (χ2n) is 3.23. The molecule has 0 spiro atoms. The molecular weight excluding hydrogens is 202 g/mol. The summed E-state index contributed by atoms with van der Waals surface area (Å²) in [5.74, 6) is -0.769. The molecule has 1 atom stereocenters. The molecule has 4 heteroatoms. The number of nitrogens with one attached hydrogen (secondary N) is 1. The second kappa shape index (κ2) is 4.33. The fourth-order valence-electron chi connectivity index (χ4n) is 1.62. The lowest BCUT2D eigenvalue weighted by Crippen LogP contribution is -2.33. The van der Waals surface area contributed by atoms with Crippen molar-refractivity contribution in [2.75, 3.05) is 5.32 Å². The normalized spacial score (nSPS) is 18.7. The number of aliphatic carboxylic acids is 1. The first-order chi connectivity index (χ1) is 6.27. The third kappa shape index (κ3) is 1.99. The van der Waals surface area contributed by atoms with Crippen LogP contribution in [0.25, 0.3) is 0 Å². The number of carboxylic acid groups (broad SMARTS) is 1. The van der Waals surface area contributed by atoms with E-state index in [4.69, 9.17) is 5.11 Å². The van der Waals surface area contributed by atoms with Crippen molar-refractivity contribution < 1.29 is 9.90 Å². The topological polar surface area (TPSA) is 49.3 Å². The van der Waals surface area contributed by atoms with Gasteiger partial charge in [-0.2, -0.15) is 0 Å².